The number of hydrogen-bond donors (Lipinski definition) is 1. The quantitative estimate of drug-likeness (QED) is 0.924. The highest BCUT2D eigenvalue weighted by atomic mass is 35.5. The number of rotatable bonds is 3. The van der Waals surface area contributed by atoms with Crippen LogP contribution in [0, 0.1) is 11.3 Å². The Labute approximate surface area is 117 Å². The third kappa shape index (κ3) is 2.97. The third-order valence-corrected chi connectivity index (χ3v) is 5.10. The van der Waals surface area contributed by atoms with Crippen LogP contribution in [-0.4, -0.2) is 22.8 Å². The molecule has 0 amide bonds. The molecule has 3 nitrogen and oxygen atoms in total. The molecule has 2 rings (SSSR count). The van der Waals surface area contributed by atoms with Gasteiger partial charge in [-0.15, -0.1) is 11.8 Å². The van der Waals surface area contributed by atoms with Gasteiger partial charge in [-0.25, -0.2) is 4.98 Å². The molecule has 96 valence electrons. The first-order chi connectivity index (χ1) is 8.69. The maximum atomic E-state index is 9.32. The summed E-state index contributed by atoms with van der Waals surface area (Å²) in [5.41, 5.74) is -0.378. The van der Waals surface area contributed by atoms with Crippen LogP contribution in [0.4, 0.5) is 0 Å². The summed E-state index contributed by atoms with van der Waals surface area (Å²) in [6.45, 7) is 0. The van der Waals surface area contributed by atoms with Gasteiger partial charge in [-0.2, -0.15) is 5.26 Å². The first kappa shape index (κ1) is 13.7. The normalized spacial score (nSPS) is 27.7. The van der Waals surface area contributed by atoms with Crippen molar-refractivity contribution in [2.75, 3.05) is 7.05 Å². The largest absolute Gasteiger partial charge is 0.302 e. The fraction of sp³-hybridized carbons (Fsp3) is 0.538. The van der Waals surface area contributed by atoms with E-state index in [1.165, 1.54) is 0 Å². The summed E-state index contributed by atoms with van der Waals surface area (Å²) in [4.78, 5) is 4.30. The SMILES string of the molecule is CNC1(C#N)CCCC(Sc2ncccc2Cl)C1. The number of halogens is 1. The molecular weight excluding hydrogens is 266 g/mol. The van der Waals surface area contributed by atoms with Crippen LogP contribution in [0.2, 0.25) is 5.02 Å². The number of thioether (sulfide) groups is 1. The molecule has 0 saturated heterocycles. The summed E-state index contributed by atoms with van der Waals surface area (Å²) in [6, 6.07) is 6.11. The Morgan fingerprint density at radius 2 is 2.50 bits per heavy atom. The van der Waals surface area contributed by atoms with Gasteiger partial charge in [0.05, 0.1) is 11.1 Å². The maximum absolute atomic E-state index is 9.32. The van der Waals surface area contributed by atoms with Gasteiger partial charge in [0.25, 0.3) is 0 Å². The lowest BCUT2D eigenvalue weighted by molar-refractivity contribution is 0.323. The van der Waals surface area contributed by atoms with Crippen molar-refractivity contribution in [3.05, 3.63) is 23.4 Å². The van der Waals surface area contributed by atoms with Gasteiger partial charge in [0.15, 0.2) is 0 Å². The Kier molecular flexibility index (Phi) is 4.50. The molecule has 1 heterocycles. The second-order valence-electron chi connectivity index (χ2n) is 4.57. The fourth-order valence-electron chi connectivity index (χ4n) is 2.33. The minimum atomic E-state index is -0.378. The van der Waals surface area contributed by atoms with E-state index in [0.717, 1.165) is 30.7 Å². The first-order valence-corrected chi connectivity index (χ1v) is 7.32. The lowest BCUT2D eigenvalue weighted by Crippen LogP contribution is -2.46. The van der Waals surface area contributed by atoms with E-state index in [1.54, 1.807) is 18.0 Å². The topological polar surface area (TPSA) is 48.7 Å². The summed E-state index contributed by atoms with van der Waals surface area (Å²) in [5, 5.41) is 14.5. The van der Waals surface area contributed by atoms with Crippen molar-refractivity contribution in [3.8, 4) is 6.07 Å². The molecule has 1 aliphatic rings. The molecule has 5 heteroatoms. The second-order valence-corrected chi connectivity index (χ2v) is 6.27. The number of nitrogens with zero attached hydrogens (tertiary/aromatic N) is 2. The highest BCUT2D eigenvalue weighted by molar-refractivity contribution is 8.00. The molecule has 1 saturated carbocycles. The number of nitrogens with one attached hydrogen (secondary N) is 1. The van der Waals surface area contributed by atoms with Gasteiger partial charge in [0, 0.05) is 11.4 Å². The summed E-state index contributed by atoms with van der Waals surface area (Å²) in [6.07, 6.45) is 5.70. The smallest absolute Gasteiger partial charge is 0.115 e. The second kappa shape index (κ2) is 5.92. The minimum Gasteiger partial charge on any atom is -0.302 e. The van der Waals surface area contributed by atoms with Crippen LogP contribution in [-0.2, 0) is 0 Å². The fourth-order valence-corrected chi connectivity index (χ4v) is 3.85. The summed E-state index contributed by atoms with van der Waals surface area (Å²) in [5.74, 6) is 0. The van der Waals surface area contributed by atoms with Gasteiger partial charge >= 0.3 is 0 Å². The van der Waals surface area contributed by atoms with Gasteiger partial charge in [0.1, 0.15) is 10.6 Å². The van der Waals surface area contributed by atoms with Crippen molar-refractivity contribution in [1.29, 1.82) is 5.26 Å². The lowest BCUT2D eigenvalue weighted by atomic mass is 9.83. The molecule has 1 aromatic rings. The van der Waals surface area contributed by atoms with E-state index in [2.05, 4.69) is 16.4 Å². The molecule has 2 unspecified atom stereocenters. The van der Waals surface area contributed by atoms with Crippen LogP contribution in [0.3, 0.4) is 0 Å². The zero-order valence-electron chi connectivity index (χ0n) is 10.3. The van der Waals surface area contributed by atoms with Gasteiger partial charge in [-0.05, 0) is 44.9 Å². The Morgan fingerprint density at radius 1 is 1.67 bits per heavy atom. The van der Waals surface area contributed by atoms with E-state index < -0.39 is 0 Å². The van der Waals surface area contributed by atoms with Crippen LogP contribution >= 0.6 is 23.4 Å². The average Bonchev–Trinajstić information content (AvgIpc) is 2.41. The molecule has 1 aromatic heterocycles. The first-order valence-electron chi connectivity index (χ1n) is 6.06. The molecule has 0 aliphatic heterocycles. The number of hydrogen-bond acceptors (Lipinski definition) is 4. The van der Waals surface area contributed by atoms with E-state index >= 15 is 0 Å². The van der Waals surface area contributed by atoms with Crippen molar-refractivity contribution in [3.63, 3.8) is 0 Å². The number of nitriles is 1. The molecule has 1 N–H and O–H groups in total. The molecule has 1 fully saturated rings. The van der Waals surface area contributed by atoms with Crippen LogP contribution in [0.5, 0.6) is 0 Å². The highest BCUT2D eigenvalue weighted by Gasteiger charge is 2.35. The number of pyridine rings is 1. The number of aromatic nitrogens is 1. The lowest BCUT2D eigenvalue weighted by Gasteiger charge is -2.35. The van der Waals surface area contributed by atoms with E-state index in [4.69, 9.17) is 11.6 Å². The van der Waals surface area contributed by atoms with E-state index in [-0.39, 0.29) is 5.54 Å². The van der Waals surface area contributed by atoms with E-state index in [0.29, 0.717) is 10.3 Å². The molecule has 1 aliphatic carbocycles. The van der Waals surface area contributed by atoms with Gasteiger partial charge in [-0.1, -0.05) is 11.6 Å². The molecule has 0 bridgehead atoms. The Hall–Kier alpha value is -0.760. The van der Waals surface area contributed by atoms with Crippen molar-refractivity contribution in [1.82, 2.24) is 10.3 Å². The minimum absolute atomic E-state index is 0.378. The van der Waals surface area contributed by atoms with Gasteiger partial charge in [-0.3, -0.25) is 0 Å². The Balaban J connectivity index is 2.07. The van der Waals surface area contributed by atoms with Crippen molar-refractivity contribution in [2.45, 2.75) is 41.5 Å². The van der Waals surface area contributed by atoms with E-state index in [1.807, 2.05) is 19.2 Å². The van der Waals surface area contributed by atoms with E-state index in [9.17, 15) is 5.26 Å². The highest BCUT2D eigenvalue weighted by Crippen LogP contribution is 2.39. The summed E-state index contributed by atoms with van der Waals surface area (Å²) >= 11 is 7.81. The van der Waals surface area contributed by atoms with Gasteiger partial charge in [0.2, 0.25) is 0 Å². The average molecular weight is 282 g/mol. The van der Waals surface area contributed by atoms with Crippen LogP contribution < -0.4 is 5.32 Å². The molecule has 0 aromatic carbocycles. The molecule has 0 spiro atoms. The zero-order valence-corrected chi connectivity index (χ0v) is 11.9. The zero-order chi connectivity index (χ0) is 13.0. The summed E-state index contributed by atoms with van der Waals surface area (Å²) in [7, 11) is 1.87. The van der Waals surface area contributed by atoms with Crippen molar-refractivity contribution >= 4 is 23.4 Å². The predicted molar refractivity (Wildman–Crippen MR) is 74.8 cm³/mol. The predicted octanol–water partition coefficient (Wildman–Crippen LogP) is 3.25. The van der Waals surface area contributed by atoms with Crippen molar-refractivity contribution < 1.29 is 0 Å². The van der Waals surface area contributed by atoms with Crippen LogP contribution in [0.25, 0.3) is 0 Å². The maximum Gasteiger partial charge on any atom is 0.115 e. The Bertz CT molecular complexity index is 460. The monoisotopic (exact) mass is 281 g/mol. The molecule has 18 heavy (non-hydrogen) atoms. The molecule has 2 atom stereocenters. The Morgan fingerprint density at radius 3 is 3.17 bits per heavy atom. The standard InChI is InChI=1S/C13H16ClN3S/c1-16-13(9-15)6-2-4-10(8-13)18-12-11(14)5-3-7-17-12/h3,5,7,10,16H,2,4,6,8H2,1H3. The summed E-state index contributed by atoms with van der Waals surface area (Å²) < 4.78 is 0. The third-order valence-electron chi connectivity index (χ3n) is 3.40. The van der Waals surface area contributed by atoms with Crippen molar-refractivity contribution in [2.24, 2.45) is 0 Å². The molecular formula is C13H16ClN3S. The van der Waals surface area contributed by atoms with Crippen LogP contribution in [0.1, 0.15) is 25.7 Å². The van der Waals surface area contributed by atoms with Crippen LogP contribution in [0.15, 0.2) is 23.4 Å². The van der Waals surface area contributed by atoms with Gasteiger partial charge < -0.3 is 5.32 Å². The molecule has 0 radical (unpaired) electrons.